The monoisotopic (exact) mass is 234 g/mol. The van der Waals surface area contributed by atoms with Gasteiger partial charge in [-0.15, -0.1) is 0 Å². The smallest absolute Gasteiger partial charge is 0.209 e. The summed E-state index contributed by atoms with van der Waals surface area (Å²) in [6.07, 6.45) is 5.27. The van der Waals surface area contributed by atoms with Gasteiger partial charge in [-0.1, -0.05) is 18.1 Å². The van der Waals surface area contributed by atoms with Crippen molar-refractivity contribution in [2.45, 2.75) is 58.3 Å². The van der Waals surface area contributed by atoms with Gasteiger partial charge in [0.25, 0.3) is 0 Å². The topological polar surface area (TPSA) is 29.5 Å². The molecule has 2 nitrogen and oxygen atoms in total. The average molecular weight is 234 g/mol. The summed E-state index contributed by atoms with van der Waals surface area (Å²) in [5, 5.41) is 10.7. The van der Waals surface area contributed by atoms with Crippen molar-refractivity contribution in [3.05, 3.63) is 22.8 Å². The molecule has 0 unspecified atom stereocenters. The molecular formula is C15H22O2. The van der Waals surface area contributed by atoms with Crippen LogP contribution in [0.4, 0.5) is 0 Å². The van der Waals surface area contributed by atoms with E-state index in [-0.39, 0.29) is 5.60 Å². The molecule has 1 saturated carbocycles. The van der Waals surface area contributed by atoms with Crippen molar-refractivity contribution >= 4 is 0 Å². The molecule has 0 aromatic rings. The molecule has 2 fully saturated rings. The van der Waals surface area contributed by atoms with Gasteiger partial charge in [-0.05, 0) is 51.2 Å². The van der Waals surface area contributed by atoms with Crippen molar-refractivity contribution in [2.24, 2.45) is 11.8 Å². The van der Waals surface area contributed by atoms with Crippen molar-refractivity contribution in [2.75, 3.05) is 0 Å². The number of hydrogen-bond donors (Lipinski definition) is 1. The van der Waals surface area contributed by atoms with E-state index in [2.05, 4.69) is 27.7 Å². The fourth-order valence-electron chi connectivity index (χ4n) is 4.18. The lowest BCUT2D eigenvalue weighted by Crippen LogP contribution is -2.45. The summed E-state index contributed by atoms with van der Waals surface area (Å²) in [5.74, 6) is -0.0629. The van der Waals surface area contributed by atoms with Gasteiger partial charge >= 0.3 is 0 Å². The van der Waals surface area contributed by atoms with Crippen LogP contribution in [0, 0.1) is 11.8 Å². The minimum absolute atomic E-state index is 0.125. The maximum absolute atomic E-state index is 10.7. The lowest BCUT2D eigenvalue weighted by Gasteiger charge is -2.40. The van der Waals surface area contributed by atoms with E-state index in [0.29, 0.717) is 11.8 Å². The highest BCUT2D eigenvalue weighted by Gasteiger charge is 2.62. The summed E-state index contributed by atoms with van der Waals surface area (Å²) in [4.78, 5) is 0. The lowest BCUT2D eigenvalue weighted by atomic mass is 9.79. The predicted molar refractivity (Wildman–Crippen MR) is 67.4 cm³/mol. The normalized spacial score (nSPS) is 48.1. The van der Waals surface area contributed by atoms with Crippen LogP contribution >= 0.6 is 0 Å². The molecular weight excluding hydrogens is 212 g/mol. The predicted octanol–water partition coefficient (Wildman–Crippen LogP) is 3.18. The molecule has 2 heteroatoms. The fraction of sp³-hybridized carbons (Fsp3) is 0.733. The van der Waals surface area contributed by atoms with Gasteiger partial charge in [-0.3, -0.25) is 0 Å². The SMILES string of the molecule is CC1=C[C@@]2(O)O[C@@]3(CC2=C(C)C)[C@H](C)CC[C@@H]13. The Bertz CT molecular complexity index is 430. The van der Waals surface area contributed by atoms with Crippen LogP contribution in [0.2, 0.25) is 0 Å². The first kappa shape index (κ1) is 11.5. The Morgan fingerprint density at radius 2 is 2.12 bits per heavy atom. The molecule has 2 bridgehead atoms. The molecule has 3 rings (SSSR count). The molecule has 1 aliphatic carbocycles. The highest BCUT2D eigenvalue weighted by atomic mass is 16.6. The van der Waals surface area contributed by atoms with Crippen LogP contribution in [0.1, 0.15) is 47.0 Å². The van der Waals surface area contributed by atoms with E-state index in [1.54, 1.807) is 0 Å². The second kappa shape index (κ2) is 3.24. The number of hydrogen-bond acceptors (Lipinski definition) is 2. The molecule has 0 aromatic carbocycles. The van der Waals surface area contributed by atoms with Crippen molar-refractivity contribution < 1.29 is 9.84 Å². The molecule has 4 atom stereocenters. The van der Waals surface area contributed by atoms with E-state index in [0.717, 1.165) is 12.0 Å². The Morgan fingerprint density at radius 3 is 2.76 bits per heavy atom. The molecule has 94 valence electrons. The van der Waals surface area contributed by atoms with Crippen molar-refractivity contribution in [3.63, 3.8) is 0 Å². The van der Waals surface area contributed by atoms with Crippen LogP contribution in [0.3, 0.4) is 0 Å². The highest BCUT2D eigenvalue weighted by Crippen LogP contribution is 2.60. The second-order valence-electron chi connectivity index (χ2n) is 6.33. The first-order valence-electron chi connectivity index (χ1n) is 6.68. The molecule has 2 aliphatic heterocycles. The summed E-state index contributed by atoms with van der Waals surface area (Å²) < 4.78 is 6.17. The Hall–Kier alpha value is -0.600. The van der Waals surface area contributed by atoms with E-state index in [1.165, 1.54) is 24.0 Å². The highest BCUT2D eigenvalue weighted by molar-refractivity contribution is 5.40. The third kappa shape index (κ3) is 1.28. The van der Waals surface area contributed by atoms with Crippen LogP contribution in [-0.4, -0.2) is 16.5 Å². The third-order valence-corrected chi connectivity index (χ3v) is 5.12. The van der Waals surface area contributed by atoms with Gasteiger partial charge in [-0.25, -0.2) is 0 Å². The molecule has 1 spiro atoms. The van der Waals surface area contributed by atoms with Crippen LogP contribution < -0.4 is 0 Å². The number of ether oxygens (including phenoxy) is 1. The van der Waals surface area contributed by atoms with Crippen molar-refractivity contribution in [1.29, 1.82) is 0 Å². The van der Waals surface area contributed by atoms with Crippen LogP contribution in [0.25, 0.3) is 0 Å². The van der Waals surface area contributed by atoms with Gasteiger partial charge in [0.15, 0.2) is 0 Å². The Morgan fingerprint density at radius 1 is 1.41 bits per heavy atom. The maximum Gasteiger partial charge on any atom is 0.209 e. The Kier molecular flexibility index (Phi) is 2.19. The zero-order valence-electron chi connectivity index (χ0n) is 11.2. The molecule has 2 heterocycles. The van der Waals surface area contributed by atoms with Gasteiger partial charge < -0.3 is 9.84 Å². The molecule has 17 heavy (non-hydrogen) atoms. The fourth-order valence-corrected chi connectivity index (χ4v) is 4.18. The summed E-state index contributed by atoms with van der Waals surface area (Å²) in [6, 6.07) is 0. The Labute approximate surface area is 103 Å². The molecule has 1 N–H and O–H groups in total. The van der Waals surface area contributed by atoms with Gasteiger partial charge in [0.2, 0.25) is 5.79 Å². The zero-order valence-corrected chi connectivity index (χ0v) is 11.2. The quantitative estimate of drug-likeness (QED) is 0.652. The van der Waals surface area contributed by atoms with Gasteiger partial charge in [0, 0.05) is 12.3 Å². The van der Waals surface area contributed by atoms with E-state index in [1.807, 2.05) is 6.08 Å². The Balaban J connectivity index is 2.18. The maximum atomic E-state index is 10.7. The standard InChI is InChI=1S/C15H22O2/c1-9(2)13-8-14-11(4)5-6-12(14)10(3)7-15(13,16)17-14/h7,11-12,16H,5-6,8H2,1-4H3/t11-,12+,14+,15-/m1/s1. The number of aliphatic hydroxyl groups is 1. The van der Waals surface area contributed by atoms with Crippen molar-refractivity contribution in [1.82, 2.24) is 0 Å². The van der Waals surface area contributed by atoms with Crippen molar-refractivity contribution in [3.8, 4) is 0 Å². The summed E-state index contributed by atoms with van der Waals surface area (Å²) in [5.41, 5.74) is 3.49. The summed E-state index contributed by atoms with van der Waals surface area (Å²) in [7, 11) is 0. The van der Waals surface area contributed by atoms with Gasteiger partial charge in [0.1, 0.15) is 0 Å². The van der Waals surface area contributed by atoms with Crippen LogP contribution in [0.15, 0.2) is 22.8 Å². The number of fused-ring (bicyclic) bond motifs is 1. The minimum atomic E-state index is -1.11. The number of allylic oxidation sites excluding steroid dienone is 1. The summed E-state index contributed by atoms with van der Waals surface area (Å²) in [6.45, 7) is 8.57. The molecule has 0 radical (unpaired) electrons. The average Bonchev–Trinajstić information content (AvgIpc) is 2.65. The van der Waals surface area contributed by atoms with E-state index >= 15 is 0 Å². The van der Waals surface area contributed by atoms with E-state index < -0.39 is 5.79 Å². The molecule has 3 aliphatic rings. The van der Waals surface area contributed by atoms with E-state index in [9.17, 15) is 5.11 Å². The second-order valence-corrected chi connectivity index (χ2v) is 6.33. The van der Waals surface area contributed by atoms with Crippen LogP contribution in [-0.2, 0) is 4.74 Å². The minimum Gasteiger partial charge on any atom is -0.359 e. The van der Waals surface area contributed by atoms with E-state index in [4.69, 9.17) is 4.74 Å². The first-order valence-corrected chi connectivity index (χ1v) is 6.68. The zero-order chi connectivity index (χ0) is 12.4. The number of rotatable bonds is 0. The van der Waals surface area contributed by atoms with Gasteiger partial charge in [0.05, 0.1) is 5.60 Å². The molecule has 0 amide bonds. The van der Waals surface area contributed by atoms with Crippen LogP contribution in [0.5, 0.6) is 0 Å². The lowest BCUT2D eigenvalue weighted by molar-refractivity contribution is -0.209. The first-order chi connectivity index (χ1) is 7.89. The third-order valence-electron chi connectivity index (χ3n) is 5.12. The largest absolute Gasteiger partial charge is 0.359 e. The molecule has 1 saturated heterocycles. The summed E-state index contributed by atoms with van der Waals surface area (Å²) >= 11 is 0. The van der Waals surface area contributed by atoms with Gasteiger partial charge in [-0.2, -0.15) is 0 Å². The molecule has 0 aromatic heterocycles.